The minimum absolute atomic E-state index is 0.898. The summed E-state index contributed by atoms with van der Waals surface area (Å²) >= 11 is 3.38. The maximum atomic E-state index is 4.20. The Balaban J connectivity index is 2.42. The average Bonchev–Trinajstić information content (AvgIpc) is 2.20. The highest BCUT2D eigenvalue weighted by Gasteiger charge is 1.96. The number of benzene rings is 1. The van der Waals surface area contributed by atoms with Crippen molar-refractivity contribution < 1.29 is 0 Å². The van der Waals surface area contributed by atoms with Gasteiger partial charge in [-0.05, 0) is 12.1 Å². The fourth-order valence-electron chi connectivity index (χ4n) is 1.07. The van der Waals surface area contributed by atoms with Crippen LogP contribution in [0.25, 0.3) is 11.3 Å². The van der Waals surface area contributed by atoms with Crippen LogP contribution in [-0.2, 0) is 0 Å². The summed E-state index contributed by atoms with van der Waals surface area (Å²) in [5.74, 6) is 0. The topological polar surface area (TPSA) is 25.8 Å². The van der Waals surface area contributed by atoms with Gasteiger partial charge in [-0.3, -0.25) is 9.97 Å². The Hall–Kier alpha value is -1.22. The summed E-state index contributed by atoms with van der Waals surface area (Å²) < 4.78 is 1.07. The lowest BCUT2D eigenvalue weighted by Gasteiger charge is -1.98. The number of hydrogen-bond donors (Lipinski definition) is 0. The molecule has 2 rings (SSSR count). The van der Waals surface area contributed by atoms with Gasteiger partial charge < -0.3 is 0 Å². The lowest BCUT2D eigenvalue weighted by Crippen LogP contribution is -1.82. The molecule has 0 saturated carbocycles. The van der Waals surface area contributed by atoms with Crippen molar-refractivity contribution in [3.63, 3.8) is 0 Å². The van der Waals surface area contributed by atoms with Crippen LogP contribution < -0.4 is 0 Å². The Morgan fingerprint density at radius 1 is 1.00 bits per heavy atom. The van der Waals surface area contributed by atoms with Crippen molar-refractivity contribution in [3.05, 3.63) is 47.3 Å². The molecule has 1 heterocycles. The zero-order valence-corrected chi connectivity index (χ0v) is 8.40. The molecular formula is C10H7BrN2. The molecule has 0 N–H and O–H groups in total. The van der Waals surface area contributed by atoms with Crippen molar-refractivity contribution in [2.75, 3.05) is 0 Å². The van der Waals surface area contributed by atoms with Gasteiger partial charge in [-0.25, -0.2) is 0 Å². The number of halogens is 1. The highest BCUT2D eigenvalue weighted by molar-refractivity contribution is 9.10. The summed E-state index contributed by atoms with van der Waals surface area (Å²) in [6.45, 7) is 0. The number of nitrogens with zero attached hydrogens (tertiary/aromatic N) is 2. The van der Waals surface area contributed by atoms with Crippen molar-refractivity contribution in [2.45, 2.75) is 0 Å². The first-order valence-corrected chi connectivity index (χ1v) is 4.67. The highest BCUT2D eigenvalue weighted by atomic mass is 79.9. The van der Waals surface area contributed by atoms with Crippen LogP contribution in [-0.4, -0.2) is 9.97 Å². The number of rotatable bonds is 1. The van der Waals surface area contributed by atoms with E-state index < -0.39 is 0 Å². The van der Waals surface area contributed by atoms with Gasteiger partial charge in [0, 0.05) is 22.4 Å². The summed E-state index contributed by atoms with van der Waals surface area (Å²) in [6.07, 6.45) is 5.11. The minimum Gasteiger partial charge on any atom is -0.261 e. The first-order chi connectivity index (χ1) is 6.36. The second kappa shape index (κ2) is 3.66. The molecule has 0 aliphatic heterocycles. The maximum absolute atomic E-state index is 4.20. The van der Waals surface area contributed by atoms with Gasteiger partial charge in [0.2, 0.25) is 0 Å². The van der Waals surface area contributed by atoms with Gasteiger partial charge in [-0.2, -0.15) is 0 Å². The van der Waals surface area contributed by atoms with Gasteiger partial charge >= 0.3 is 0 Å². The van der Waals surface area contributed by atoms with Crippen molar-refractivity contribution in [3.8, 4) is 11.3 Å². The Bertz CT molecular complexity index is 383. The van der Waals surface area contributed by atoms with Gasteiger partial charge in [-0.1, -0.05) is 28.1 Å². The standard InChI is InChI=1S/C10H7BrN2/c11-9-3-1-8(2-4-9)10-7-12-5-6-13-10/h1-7H. The Morgan fingerprint density at radius 2 is 1.77 bits per heavy atom. The predicted molar refractivity (Wildman–Crippen MR) is 55.2 cm³/mol. The van der Waals surface area contributed by atoms with E-state index in [4.69, 9.17) is 0 Å². The normalized spacial score (nSPS) is 9.92. The van der Waals surface area contributed by atoms with Gasteiger partial charge in [0.15, 0.2) is 0 Å². The molecule has 1 aromatic carbocycles. The van der Waals surface area contributed by atoms with Crippen LogP contribution in [0.2, 0.25) is 0 Å². The number of hydrogen-bond acceptors (Lipinski definition) is 2. The van der Waals surface area contributed by atoms with Crippen LogP contribution in [0.15, 0.2) is 47.3 Å². The van der Waals surface area contributed by atoms with Gasteiger partial charge in [-0.15, -0.1) is 0 Å². The first kappa shape index (κ1) is 8.38. The van der Waals surface area contributed by atoms with E-state index in [0.717, 1.165) is 15.7 Å². The molecule has 0 fully saturated rings. The summed E-state index contributed by atoms with van der Waals surface area (Å²) in [5.41, 5.74) is 1.98. The fraction of sp³-hybridized carbons (Fsp3) is 0. The molecule has 0 bridgehead atoms. The second-order valence-electron chi connectivity index (χ2n) is 2.60. The quantitative estimate of drug-likeness (QED) is 0.759. The lowest BCUT2D eigenvalue weighted by atomic mass is 10.2. The largest absolute Gasteiger partial charge is 0.261 e. The lowest BCUT2D eigenvalue weighted by molar-refractivity contribution is 1.21. The summed E-state index contributed by atoms with van der Waals surface area (Å²) in [5, 5.41) is 0. The SMILES string of the molecule is Brc1ccc(-c2cnccn2)cc1. The second-order valence-corrected chi connectivity index (χ2v) is 3.51. The van der Waals surface area contributed by atoms with E-state index in [1.54, 1.807) is 18.6 Å². The Labute approximate surface area is 84.8 Å². The molecule has 0 amide bonds. The third kappa shape index (κ3) is 1.92. The van der Waals surface area contributed by atoms with Crippen LogP contribution in [0.5, 0.6) is 0 Å². The van der Waals surface area contributed by atoms with E-state index in [0.29, 0.717) is 0 Å². The van der Waals surface area contributed by atoms with E-state index in [9.17, 15) is 0 Å². The third-order valence-corrected chi connectivity index (χ3v) is 2.23. The van der Waals surface area contributed by atoms with Gasteiger partial charge in [0.25, 0.3) is 0 Å². The van der Waals surface area contributed by atoms with Crippen molar-refractivity contribution in [2.24, 2.45) is 0 Å². The average molecular weight is 235 g/mol. The van der Waals surface area contributed by atoms with Crippen molar-refractivity contribution in [1.82, 2.24) is 9.97 Å². The van der Waals surface area contributed by atoms with Crippen molar-refractivity contribution >= 4 is 15.9 Å². The maximum Gasteiger partial charge on any atom is 0.0885 e. The molecule has 13 heavy (non-hydrogen) atoms. The van der Waals surface area contributed by atoms with Crippen LogP contribution in [0.4, 0.5) is 0 Å². The Kier molecular flexibility index (Phi) is 2.36. The molecule has 0 radical (unpaired) electrons. The first-order valence-electron chi connectivity index (χ1n) is 3.88. The molecule has 0 unspecified atom stereocenters. The van der Waals surface area contributed by atoms with Gasteiger partial charge in [0.05, 0.1) is 11.9 Å². The zero-order chi connectivity index (χ0) is 9.10. The molecule has 2 aromatic rings. The van der Waals surface area contributed by atoms with Crippen LogP contribution >= 0.6 is 15.9 Å². The van der Waals surface area contributed by atoms with Crippen LogP contribution in [0.1, 0.15) is 0 Å². The van der Waals surface area contributed by atoms with E-state index >= 15 is 0 Å². The fourth-order valence-corrected chi connectivity index (χ4v) is 1.33. The third-order valence-electron chi connectivity index (χ3n) is 1.70. The number of aromatic nitrogens is 2. The summed E-state index contributed by atoms with van der Waals surface area (Å²) in [7, 11) is 0. The molecule has 0 aliphatic carbocycles. The van der Waals surface area contributed by atoms with E-state index in [1.165, 1.54) is 0 Å². The zero-order valence-electron chi connectivity index (χ0n) is 6.81. The molecule has 3 heteroatoms. The molecule has 1 aromatic heterocycles. The van der Waals surface area contributed by atoms with Crippen LogP contribution in [0, 0.1) is 0 Å². The predicted octanol–water partition coefficient (Wildman–Crippen LogP) is 2.91. The Morgan fingerprint density at radius 3 is 2.38 bits per heavy atom. The highest BCUT2D eigenvalue weighted by Crippen LogP contribution is 2.18. The van der Waals surface area contributed by atoms with E-state index in [1.807, 2.05) is 24.3 Å². The summed E-state index contributed by atoms with van der Waals surface area (Å²) in [4.78, 5) is 8.21. The van der Waals surface area contributed by atoms with E-state index in [2.05, 4.69) is 25.9 Å². The van der Waals surface area contributed by atoms with E-state index in [-0.39, 0.29) is 0 Å². The smallest absolute Gasteiger partial charge is 0.0885 e. The van der Waals surface area contributed by atoms with Crippen LogP contribution in [0.3, 0.4) is 0 Å². The van der Waals surface area contributed by atoms with Gasteiger partial charge in [0.1, 0.15) is 0 Å². The minimum atomic E-state index is 0.898. The molecule has 0 saturated heterocycles. The van der Waals surface area contributed by atoms with Crippen molar-refractivity contribution in [1.29, 1.82) is 0 Å². The monoisotopic (exact) mass is 234 g/mol. The molecular weight excluding hydrogens is 228 g/mol. The molecule has 0 atom stereocenters. The molecule has 0 aliphatic rings. The summed E-state index contributed by atoms with van der Waals surface area (Å²) in [6, 6.07) is 8.00. The molecule has 2 nitrogen and oxygen atoms in total. The molecule has 64 valence electrons. The molecule has 0 spiro atoms.